The van der Waals surface area contributed by atoms with Gasteiger partial charge in [-0.2, -0.15) is 0 Å². The first-order chi connectivity index (χ1) is 9.45. The average molecular weight is 282 g/mol. The molecule has 0 amide bonds. The Kier molecular flexibility index (Phi) is 4.16. The van der Waals surface area contributed by atoms with Crippen LogP contribution in [0.2, 0.25) is 0 Å². The third-order valence-electron chi connectivity index (χ3n) is 3.39. The highest BCUT2D eigenvalue weighted by Gasteiger charge is 2.31. The Balaban J connectivity index is 2.28. The van der Waals surface area contributed by atoms with Gasteiger partial charge in [-0.25, -0.2) is 8.78 Å². The smallest absolute Gasteiger partial charge is 0.313 e. The molecule has 0 radical (unpaired) electrons. The SMILES string of the molecule is CCOC(=O)CC(=O)c1cc(F)c(C2CC2)c(C)c1F. The monoisotopic (exact) mass is 282 g/mol. The zero-order valence-corrected chi connectivity index (χ0v) is 11.5. The van der Waals surface area contributed by atoms with Crippen molar-refractivity contribution in [3.63, 3.8) is 0 Å². The predicted molar refractivity (Wildman–Crippen MR) is 68.7 cm³/mol. The van der Waals surface area contributed by atoms with Crippen molar-refractivity contribution < 1.29 is 23.1 Å². The first-order valence-electron chi connectivity index (χ1n) is 6.63. The van der Waals surface area contributed by atoms with Gasteiger partial charge in [0.1, 0.15) is 18.1 Å². The van der Waals surface area contributed by atoms with Crippen molar-refractivity contribution in [1.82, 2.24) is 0 Å². The molecule has 0 heterocycles. The maximum absolute atomic E-state index is 14.2. The maximum atomic E-state index is 14.2. The summed E-state index contributed by atoms with van der Waals surface area (Å²) in [7, 11) is 0. The summed E-state index contributed by atoms with van der Waals surface area (Å²) in [5.74, 6) is -2.74. The van der Waals surface area contributed by atoms with Crippen LogP contribution in [0.1, 0.15) is 53.6 Å². The largest absolute Gasteiger partial charge is 0.466 e. The molecule has 0 unspecified atom stereocenters. The van der Waals surface area contributed by atoms with Crippen molar-refractivity contribution in [1.29, 1.82) is 0 Å². The van der Waals surface area contributed by atoms with E-state index < -0.39 is 29.8 Å². The molecule has 0 atom stereocenters. The van der Waals surface area contributed by atoms with Crippen LogP contribution in [0.15, 0.2) is 6.07 Å². The molecule has 1 saturated carbocycles. The molecule has 108 valence electrons. The van der Waals surface area contributed by atoms with E-state index in [1.54, 1.807) is 6.92 Å². The van der Waals surface area contributed by atoms with Gasteiger partial charge in [-0.1, -0.05) is 0 Å². The molecule has 1 fully saturated rings. The maximum Gasteiger partial charge on any atom is 0.313 e. The minimum atomic E-state index is -0.759. The predicted octanol–water partition coefficient (Wildman–Crippen LogP) is 3.29. The van der Waals surface area contributed by atoms with Gasteiger partial charge in [0.2, 0.25) is 0 Å². The Hall–Kier alpha value is -1.78. The van der Waals surface area contributed by atoms with Gasteiger partial charge >= 0.3 is 5.97 Å². The van der Waals surface area contributed by atoms with Gasteiger partial charge in [0.15, 0.2) is 5.78 Å². The molecule has 20 heavy (non-hydrogen) atoms. The van der Waals surface area contributed by atoms with Gasteiger partial charge in [0.05, 0.1) is 12.2 Å². The number of rotatable bonds is 5. The van der Waals surface area contributed by atoms with Crippen molar-refractivity contribution in [2.24, 2.45) is 0 Å². The second-order valence-electron chi connectivity index (χ2n) is 4.94. The second kappa shape index (κ2) is 5.69. The van der Waals surface area contributed by atoms with Crippen molar-refractivity contribution in [2.45, 2.75) is 39.0 Å². The lowest BCUT2D eigenvalue weighted by Crippen LogP contribution is -2.14. The summed E-state index contributed by atoms with van der Waals surface area (Å²) in [5.41, 5.74) is 0.146. The molecule has 0 saturated heterocycles. The van der Waals surface area contributed by atoms with Crippen LogP contribution in [0, 0.1) is 18.6 Å². The molecule has 0 N–H and O–H groups in total. The molecule has 0 aliphatic heterocycles. The molecule has 0 bridgehead atoms. The molecule has 0 spiro atoms. The lowest BCUT2D eigenvalue weighted by Gasteiger charge is -2.11. The molecular weight excluding hydrogens is 266 g/mol. The van der Waals surface area contributed by atoms with Gasteiger partial charge in [0.25, 0.3) is 0 Å². The molecule has 3 nitrogen and oxygen atoms in total. The van der Waals surface area contributed by atoms with Crippen molar-refractivity contribution >= 4 is 11.8 Å². The van der Waals surface area contributed by atoms with Gasteiger partial charge in [-0.05, 0) is 49.8 Å². The topological polar surface area (TPSA) is 43.4 Å². The van der Waals surface area contributed by atoms with Crippen LogP contribution >= 0.6 is 0 Å². The summed E-state index contributed by atoms with van der Waals surface area (Å²) >= 11 is 0. The number of carbonyl (C=O) groups is 2. The number of carbonyl (C=O) groups excluding carboxylic acids is 2. The molecule has 1 aromatic carbocycles. The molecule has 0 aromatic heterocycles. The van der Waals surface area contributed by atoms with Crippen molar-refractivity contribution in [3.05, 3.63) is 34.4 Å². The second-order valence-corrected chi connectivity index (χ2v) is 4.94. The van der Waals surface area contributed by atoms with E-state index in [4.69, 9.17) is 0 Å². The molecule has 1 aliphatic rings. The minimum Gasteiger partial charge on any atom is -0.466 e. The van der Waals surface area contributed by atoms with Crippen LogP contribution in [0.4, 0.5) is 8.78 Å². The number of ether oxygens (including phenoxy) is 1. The molecule has 1 aromatic rings. The fourth-order valence-electron chi connectivity index (χ4n) is 2.28. The first kappa shape index (κ1) is 14.6. The first-order valence-corrected chi connectivity index (χ1v) is 6.63. The van der Waals surface area contributed by atoms with E-state index in [1.807, 2.05) is 0 Å². The van der Waals surface area contributed by atoms with Crippen LogP contribution in [-0.2, 0) is 9.53 Å². The summed E-state index contributed by atoms with van der Waals surface area (Å²) in [6.45, 7) is 3.22. The summed E-state index contributed by atoms with van der Waals surface area (Å²) < 4.78 is 32.8. The number of hydrogen-bond acceptors (Lipinski definition) is 3. The van der Waals surface area contributed by atoms with Crippen LogP contribution in [-0.4, -0.2) is 18.4 Å². The molecule has 2 rings (SSSR count). The Morgan fingerprint density at radius 1 is 1.35 bits per heavy atom. The Morgan fingerprint density at radius 2 is 2.00 bits per heavy atom. The van der Waals surface area contributed by atoms with E-state index in [2.05, 4.69) is 4.74 Å². The Bertz CT molecular complexity index is 563. The van der Waals surface area contributed by atoms with Gasteiger partial charge in [-0.15, -0.1) is 0 Å². The van der Waals surface area contributed by atoms with Crippen molar-refractivity contribution in [3.8, 4) is 0 Å². The number of ketones is 1. The van der Waals surface area contributed by atoms with Crippen molar-refractivity contribution in [2.75, 3.05) is 6.61 Å². The molecular formula is C15H16F2O3. The minimum absolute atomic E-state index is 0.0544. The Labute approximate surface area is 115 Å². The fraction of sp³-hybridized carbons (Fsp3) is 0.467. The van der Waals surface area contributed by atoms with Gasteiger partial charge < -0.3 is 4.74 Å². The van der Waals surface area contributed by atoms with E-state index in [0.29, 0.717) is 5.56 Å². The van der Waals surface area contributed by atoms with Crippen LogP contribution in [0.5, 0.6) is 0 Å². The van der Waals surface area contributed by atoms with E-state index in [0.717, 1.165) is 18.9 Å². The zero-order valence-electron chi connectivity index (χ0n) is 11.5. The summed E-state index contributed by atoms with van der Waals surface area (Å²) in [5, 5.41) is 0. The molecule has 1 aliphatic carbocycles. The van der Waals surface area contributed by atoms with E-state index >= 15 is 0 Å². The number of benzene rings is 1. The standard InChI is InChI=1S/C15H16F2O3/c1-3-20-13(19)7-12(18)10-6-11(16)14(9-4-5-9)8(2)15(10)17/h6,9H,3-5,7H2,1-2H3. The van der Waals surface area contributed by atoms with E-state index in [1.165, 1.54) is 6.92 Å². The number of hydrogen-bond donors (Lipinski definition) is 0. The number of Topliss-reactive ketones (excluding diaryl/α,β-unsaturated/α-hetero) is 1. The lowest BCUT2D eigenvalue weighted by molar-refractivity contribution is -0.141. The van der Waals surface area contributed by atoms with E-state index in [-0.39, 0.29) is 23.7 Å². The summed E-state index contributed by atoms with van der Waals surface area (Å²) in [6, 6.07) is 0.900. The fourth-order valence-corrected chi connectivity index (χ4v) is 2.28. The highest BCUT2D eigenvalue weighted by Crippen LogP contribution is 2.43. The summed E-state index contributed by atoms with van der Waals surface area (Å²) in [4.78, 5) is 23.1. The third kappa shape index (κ3) is 2.86. The van der Waals surface area contributed by atoms with E-state index in [9.17, 15) is 18.4 Å². The van der Waals surface area contributed by atoms with Crippen LogP contribution in [0.25, 0.3) is 0 Å². The Morgan fingerprint density at radius 3 is 2.55 bits per heavy atom. The third-order valence-corrected chi connectivity index (χ3v) is 3.39. The van der Waals surface area contributed by atoms with Crippen LogP contribution < -0.4 is 0 Å². The average Bonchev–Trinajstić information content (AvgIpc) is 3.18. The zero-order chi connectivity index (χ0) is 14.9. The van der Waals surface area contributed by atoms with Gasteiger partial charge in [0, 0.05) is 0 Å². The van der Waals surface area contributed by atoms with Crippen LogP contribution in [0.3, 0.4) is 0 Å². The quantitative estimate of drug-likeness (QED) is 0.473. The molecule has 5 heteroatoms. The normalized spacial score (nSPS) is 14.2. The number of halogens is 2. The van der Waals surface area contributed by atoms with Gasteiger partial charge in [-0.3, -0.25) is 9.59 Å². The highest BCUT2D eigenvalue weighted by molar-refractivity contribution is 6.06. The lowest BCUT2D eigenvalue weighted by atomic mass is 9.97. The highest BCUT2D eigenvalue weighted by atomic mass is 19.1. The number of esters is 1. The summed E-state index contributed by atoms with van der Waals surface area (Å²) in [6.07, 6.45) is 1.10.